The SMILES string of the molecule is CCOC(=O)CCCn1cnc(C)c1C. The molecule has 0 radical (unpaired) electrons. The summed E-state index contributed by atoms with van der Waals surface area (Å²) < 4.78 is 6.92. The maximum Gasteiger partial charge on any atom is 0.305 e. The highest BCUT2D eigenvalue weighted by molar-refractivity contribution is 5.69. The Kier molecular flexibility index (Phi) is 4.34. The first-order chi connectivity index (χ1) is 7.15. The molecule has 1 heterocycles. The van der Waals surface area contributed by atoms with E-state index in [-0.39, 0.29) is 5.97 Å². The molecule has 1 rings (SSSR count). The summed E-state index contributed by atoms with van der Waals surface area (Å²) in [6.07, 6.45) is 3.09. The van der Waals surface area contributed by atoms with Gasteiger partial charge in [0.2, 0.25) is 0 Å². The third-order valence-electron chi connectivity index (χ3n) is 2.43. The quantitative estimate of drug-likeness (QED) is 0.696. The van der Waals surface area contributed by atoms with Crippen LogP contribution in [0.5, 0.6) is 0 Å². The number of carbonyl (C=O) groups excluding carboxylic acids is 1. The fourth-order valence-electron chi connectivity index (χ4n) is 1.40. The van der Waals surface area contributed by atoms with Gasteiger partial charge in [-0.15, -0.1) is 0 Å². The van der Waals surface area contributed by atoms with Crippen molar-refractivity contribution in [1.82, 2.24) is 9.55 Å². The number of aromatic nitrogens is 2. The van der Waals surface area contributed by atoms with Gasteiger partial charge in [0.05, 0.1) is 18.6 Å². The number of aryl methyl sites for hydroxylation is 2. The van der Waals surface area contributed by atoms with E-state index in [1.165, 1.54) is 5.69 Å². The highest BCUT2D eigenvalue weighted by atomic mass is 16.5. The molecule has 0 bridgehead atoms. The molecule has 0 unspecified atom stereocenters. The van der Waals surface area contributed by atoms with E-state index in [2.05, 4.69) is 9.55 Å². The maximum absolute atomic E-state index is 11.1. The van der Waals surface area contributed by atoms with Crippen LogP contribution < -0.4 is 0 Å². The first-order valence-electron chi connectivity index (χ1n) is 5.29. The number of rotatable bonds is 5. The minimum atomic E-state index is -0.119. The summed E-state index contributed by atoms with van der Waals surface area (Å²) in [4.78, 5) is 15.3. The lowest BCUT2D eigenvalue weighted by Gasteiger charge is -2.05. The molecule has 0 atom stereocenters. The second-order valence-corrected chi connectivity index (χ2v) is 3.52. The number of imidazole rings is 1. The van der Waals surface area contributed by atoms with Crippen LogP contribution in [-0.2, 0) is 16.1 Å². The number of nitrogens with zero attached hydrogens (tertiary/aromatic N) is 2. The molecule has 0 N–H and O–H groups in total. The minimum Gasteiger partial charge on any atom is -0.466 e. The third kappa shape index (κ3) is 3.38. The van der Waals surface area contributed by atoms with Crippen LogP contribution in [-0.4, -0.2) is 22.1 Å². The molecule has 1 aromatic rings. The molecule has 0 spiro atoms. The Morgan fingerprint density at radius 2 is 2.27 bits per heavy atom. The molecular weight excluding hydrogens is 192 g/mol. The van der Waals surface area contributed by atoms with Gasteiger partial charge in [-0.05, 0) is 27.2 Å². The fraction of sp³-hybridized carbons (Fsp3) is 0.636. The van der Waals surface area contributed by atoms with Gasteiger partial charge in [-0.2, -0.15) is 0 Å². The minimum absolute atomic E-state index is 0.119. The van der Waals surface area contributed by atoms with Gasteiger partial charge in [0.15, 0.2) is 0 Å². The van der Waals surface area contributed by atoms with E-state index >= 15 is 0 Å². The molecule has 4 nitrogen and oxygen atoms in total. The average Bonchev–Trinajstić information content (AvgIpc) is 2.50. The van der Waals surface area contributed by atoms with Gasteiger partial charge in [-0.1, -0.05) is 0 Å². The number of hydrogen-bond acceptors (Lipinski definition) is 3. The average molecular weight is 210 g/mol. The first-order valence-corrected chi connectivity index (χ1v) is 5.29. The van der Waals surface area contributed by atoms with Crippen molar-refractivity contribution in [2.75, 3.05) is 6.61 Å². The molecule has 0 aromatic carbocycles. The predicted molar refractivity (Wildman–Crippen MR) is 57.6 cm³/mol. The van der Waals surface area contributed by atoms with Crippen molar-refractivity contribution in [3.8, 4) is 0 Å². The molecule has 0 saturated heterocycles. The van der Waals surface area contributed by atoms with Gasteiger partial charge in [0, 0.05) is 18.7 Å². The highest BCUT2D eigenvalue weighted by Gasteiger charge is 2.04. The number of ether oxygens (including phenoxy) is 1. The van der Waals surface area contributed by atoms with Gasteiger partial charge in [0.25, 0.3) is 0 Å². The van der Waals surface area contributed by atoms with Crippen molar-refractivity contribution in [3.05, 3.63) is 17.7 Å². The number of hydrogen-bond donors (Lipinski definition) is 0. The van der Waals surface area contributed by atoms with Crippen molar-refractivity contribution in [2.45, 2.75) is 40.2 Å². The van der Waals surface area contributed by atoms with Crippen LogP contribution in [0.3, 0.4) is 0 Å². The molecule has 0 saturated carbocycles. The Balaban J connectivity index is 2.32. The van der Waals surface area contributed by atoms with Crippen LogP contribution in [0, 0.1) is 13.8 Å². The van der Waals surface area contributed by atoms with Crippen LogP contribution in [0.4, 0.5) is 0 Å². The second kappa shape index (κ2) is 5.53. The lowest BCUT2D eigenvalue weighted by molar-refractivity contribution is -0.143. The van der Waals surface area contributed by atoms with E-state index in [1.54, 1.807) is 0 Å². The Bertz CT molecular complexity index is 331. The van der Waals surface area contributed by atoms with E-state index < -0.39 is 0 Å². The van der Waals surface area contributed by atoms with Crippen LogP contribution in [0.25, 0.3) is 0 Å². The lowest BCUT2D eigenvalue weighted by Crippen LogP contribution is -2.06. The molecule has 0 aliphatic rings. The van der Waals surface area contributed by atoms with E-state index in [1.807, 2.05) is 27.1 Å². The van der Waals surface area contributed by atoms with Crippen LogP contribution >= 0.6 is 0 Å². The van der Waals surface area contributed by atoms with E-state index in [0.717, 1.165) is 18.7 Å². The van der Waals surface area contributed by atoms with Crippen molar-refractivity contribution in [1.29, 1.82) is 0 Å². The lowest BCUT2D eigenvalue weighted by atomic mass is 10.3. The van der Waals surface area contributed by atoms with Gasteiger partial charge in [0.1, 0.15) is 0 Å². The van der Waals surface area contributed by atoms with Crippen LogP contribution in [0.1, 0.15) is 31.2 Å². The monoisotopic (exact) mass is 210 g/mol. The van der Waals surface area contributed by atoms with Crippen LogP contribution in [0.2, 0.25) is 0 Å². The largest absolute Gasteiger partial charge is 0.466 e. The predicted octanol–water partition coefficient (Wildman–Crippen LogP) is 1.84. The van der Waals surface area contributed by atoms with Gasteiger partial charge < -0.3 is 9.30 Å². The molecule has 0 amide bonds. The molecule has 0 aliphatic carbocycles. The summed E-state index contributed by atoms with van der Waals surface area (Å²) in [5.74, 6) is -0.119. The molecule has 0 aliphatic heterocycles. The fourth-order valence-corrected chi connectivity index (χ4v) is 1.40. The summed E-state index contributed by atoms with van der Waals surface area (Å²) in [5.41, 5.74) is 2.21. The molecule has 0 fully saturated rings. The summed E-state index contributed by atoms with van der Waals surface area (Å²) in [6, 6.07) is 0. The third-order valence-corrected chi connectivity index (χ3v) is 2.43. The summed E-state index contributed by atoms with van der Waals surface area (Å²) in [6.45, 7) is 7.12. The number of carbonyl (C=O) groups is 1. The van der Waals surface area contributed by atoms with Crippen molar-refractivity contribution in [3.63, 3.8) is 0 Å². The van der Waals surface area contributed by atoms with Crippen molar-refractivity contribution < 1.29 is 9.53 Å². The standard InChI is InChI=1S/C11H18N2O2/c1-4-15-11(14)6-5-7-13-8-12-9(2)10(13)3/h8H,4-7H2,1-3H3. The second-order valence-electron chi connectivity index (χ2n) is 3.52. The van der Waals surface area contributed by atoms with E-state index in [4.69, 9.17) is 4.74 Å². The number of esters is 1. The van der Waals surface area contributed by atoms with E-state index in [0.29, 0.717) is 13.0 Å². The Hall–Kier alpha value is -1.32. The molecular formula is C11H18N2O2. The molecule has 1 aromatic heterocycles. The van der Waals surface area contributed by atoms with Gasteiger partial charge in [-0.3, -0.25) is 4.79 Å². The highest BCUT2D eigenvalue weighted by Crippen LogP contribution is 2.06. The Morgan fingerprint density at radius 1 is 1.53 bits per heavy atom. The summed E-state index contributed by atoms with van der Waals surface area (Å²) in [5, 5.41) is 0. The zero-order chi connectivity index (χ0) is 11.3. The van der Waals surface area contributed by atoms with Gasteiger partial charge >= 0.3 is 5.97 Å². The first kappa shape index (κ1) is 11.8. The van der Waals surface area contributed by atoms with Crippen LogP contribution in [0.15, 0.2) is 6.33 Å². The molecule has 84 valence electrons. The normalized spacial score (nSPS) is 10.3. The molecule has 15 heavy (non-hydrogen) atoms. The molecule has 4 heteroatoms. The zero-order valence-corrected chi connectivity index (χ0v) is 9.62. The van der Waals surface area contributed by atoms with Crippen molar-refractivity contribution in [2.24, 2.45) is 0 Å². The smallest absolute Gasteiger partial charge is 0.305 e. The maximum atomic E-state index is 11.1. The van der Waals surface area contributed by atoms with E-state index in [9.17, 15) is 4.79 Å². The summed E-state index contributed by atoms with van der Waals surface area (Å²) >= 11 is 0. The van der Waals surface area contributed by atoms with Crippen molar-refractivity contribution >= 4 is 5.97 Å². The Morgan fingerprint density at radius 3 is 2.80 bits per heavy atom. The Labute approximate surface area is 90.3 Å². The summed E-state index contributed by atoms with van der Waals surface area (Å²) in [7, 11) is 0. The van der Waals surface area contributed by atoms with Gasteiger partial charge in [-0.25, -0.2) is 4.98 Å². The topological polar surface area (TPSA) is 44.1 Å². The zero-order valence-electron chi connectivity index (χ0n) is 9.62.